The van der Waals surface area contributed by atoms with Gasteiger partial charge in [-0.15, -0.1) is 0 Å². The van der Waals surface area contributed by atoms with E-state index in [1.807, 2.05) is 0 Å². The molecule has 0 amide bonds. The Balaban J connectivity index is 2.30. The molecule has 50 valence electrons. The Bertz CT molecular complexity index is 148. The molecule has 0 spiro atoms. The standard InChI is InChI=1S/C6H10N2O/c1-2-5-9-8-4-3-7-6-8/h3-4,6H,2,5H2,1H3. The minimum absolute atomic E-state index is 0.746. The van der Waals surface area contributed by atoms with Crippen LogP contribution in [0.4, 0.5) is 0 Å². The first-order valence-corrected chi connectivity index (χ1v) is 3.04. The molecule has 1 aromatic rings. The summed E-state index contributed by atoms with van der Waals surface area (Å²) in [5.41, 5.74) is 0. The van der Waals surface area contributed by atoms with E-state index in [1.165, 1.54) is 0 Å². The normalized spacial score (nSPS) is 9.44. The zero-order chi connectivity index (χ0) is 6.53. The first-order chi connectivity index (χ1) is 4.43. The van der Waals surface area contributed by atoms with Crippen LogP contribution in [-0.4, -0.2) is 16.3 Å². The van der Waals surface area contributed by atoms with Crippen LogP contribution in [0, 0.1) is 0 Å². The maximum atomic E-state index is 5.15. The molecule has 0 aliphatic carbocycles. The van der Waals surface area contributed by atoms with Crippen LogP contribution in [0.5, 0.6) is 0 Å². The Kier molecular flexibility index (Phi) is 2.13. The van der Waals surface area contributed by atoms with E-state index in [-0.39, 0.29) is 0 Å². The summed E-state index contributed by atoms with van der Waals surface area (Å²) >= 11 is 0. The summed E-state index contributed by atoms with van der Waals surface area (Å²) in [5.74, 6) is 0. The van der Waals surface area contributed by atoms with Crippen molar-refractivity contribution in [2.24, 2.45) is 0 Å². The van der Waals surface area contributed by atoms with Gasteiger partial charge in [-0.2, -0.15) is 4.73 Å². The highest BCUT2D eigenvalue weighted by atomic mass is 16.7. The highest BCUT2D eigenvalue weighted by Gasteiger charge is 1.84. The number of aromatic nitrogens is 2. The summed E-state index contributed by atoms with van der Waals surface area (Å²) in [6.45, 7) is 2.81. The monoisotopic (exact) mass is 126 g/mol. The topological polar surface area (TPSA) is 27.1 Å². The molecule has 0 N–H and O–H groups in total. The SMILES string of the molecule is CCCOn1ccnc1. The van der Waals surface area contributed by atoms with Crippen molar-refractivity contribution in [2.45, 2.75) is 13.3 Å². The Morgan fingerprint density at radius 3 is 3.11 bits per heavy atom. The second kappa shape index (κ2) is 3.12. The molecular formula is C6H10N2O. The quantitative estimate of drug-likeness (QED) is 0.596. The van der Waals surface area contributed by atoms with E-state index >= 15 is 0 Å². The summed E-state index contributed by atoms with van der Waals surface area (Å²) < 4.78 is 1.60. The van der Waals surface area contributed by atoms with Gasteiger partial charge < -0.3 is 4.84 Å². The fraction of sp³-hybridized carbons (Fsp3) is 0.500. The van der Waals surface area contributed by atoms with E-state index < -0.39 is 0 Å². The van der Waals surface area contributed by atoms with Gasteiger partial charge in [0.25, 0.3) is 0 Å². The van der Waals surface area contributed by atoms with Gasteiger partial charge in [0.2, 0.25) is 0 Å². The van der Waals surface area contributed by atoms with Gasteiger partial charge >= 0.3 is 0 Å². The molecule has 3 heteroatoms. The van der Waals surface area contributed by atoms with E-state index in [2.05, 4.69) is 11.9 Å². The second-order valence-corrected chi connectivity index (χ2v) is 1.76. The third-order valence-corrected chi connectivity index (χ3v) is 0.925. The van der Waals surface area contributed by atoms with Gasteiger partial charge in [0, 0.05) is 6.20 Å². The first-order valence-electron chi connectivity index (χ1n) is 3.04. The summed E-state index contributed by atoms with van der Waals surface area (Å²) in [7, 11) is 0. The van der Waals surface area contributed by atoms with Crippen molar-refractivity contribution in [1.29, 1.82) is 0 Å². The van der Waals surface area contributed by atoms with E-state index in [9.17, 15) is 0 Å². The first kappa shape index (κ1) is 6.13. The minimum Gasteiger partial charge on any atom is -0.413 e. The second-order valence-electron chi connectivity index (χ2n) is 1.76. The molecule has 0 radical (unpaired) electrons. The van der Waals surface area contributed by atoms with Crippen molar-refractivity contribution in [1.82, 2.24) is 9.71 Å². The van der Waals surface area contributed by atoms with Crippen molar-refractivity contribution in [3.8, 4) is 0 Å². The van der Waals surface area contributed by atoms with E-state index in [0.717, 1.165) is 13.0 Å². The molecule has 1 heterocycles. The Hall–Kier alpha value is -0.990. The lowest BCUT2D eigenvalue weighted by Crippen LogP contribution is -2.09. The van der Waals surface area contributed by atoms with E-state index in [4.69, 9.17) is 4.84 Å². The third kappa shape index (κ3) is 1.76. The van der Waals surface area contributed by atoms with Crippen LogP contribution in [0.25, 0.3) is 0 Å². The molecule has 0 atom stereocenters. The maximum Gasteiger partial charge on any atom is 0.131 e. The molecule has 9 heavy (non-hydrogen) atoms. The molecule has 0 fully saturated rings. The molecule has 0 bridgehead atoms. The number of nitrogens with zero attached hydrogens (tertiary/aromatic N) is 2. The smallest absolute Gasteiger partial charge is 0.131 e. The Morgan fingerprint density at radius 1 is 1.67 bits per heavy atom. The van der Waals surface area contributed by atoms with Crippen LogP contribution >= 0.6 is 0 Å². The predicted octanol–water partition coefficient (Wildman–Crippen LogP) is 0.722. The van der Waals surface area contributed by atoms with Crippen LogP contribution in [-0.2, 0) is 0 Å². The zero-order valence-electron chi connectivity index (χ0n) is 5.45. The van der Waals surface area contributed by atoms with E-state index in [0.29, 0.717) is 0 Å². The van der Waals surface area contributed by atoms with Gasteiger partial charge in [-0.1, -0.05) is 6.92 Å². The average Bonchev–Trinajstić information content (AvgIpc) is 2.34. The molecule has 0 aliphatic heterocycles. The van der Waals surface area contributed by atoms with Gasteiger partial charge in [-0.05, 0) is 6.42 Å². The van der Waals surface area contributed by atoms with Crippen molar-refractivity contribution in [3.63, 3.8) is 0 Å². The fourth-order valence-electron chi connectivity index (χ4n) is 0.520. The highest BCUT2D eigenvalue weighted by molar-refractivity contribution is 4.69. The number of rotatable bonds is 3. The third-order valence-electron chi connectivity index (χ3n) is 0.925. The van der Waals surface area contributed by atoms with Crippen molar-refractivity contribution in [2.75, 3.05) is 6.61 Å². The predicted molar refractivity (Wildman–Crippen MR) is 34.0 cm³/mol. The zero-order valence-corrected chi connectivity index (χ0v) is 5.45. The fourth-order valence-corrected chi connectivity index (χ4v) is 0.520. The highest BCUT2D eigenvalue weighted by Crippen LogP contribution is 1.80. The van der Waals surface area contributed by atoms with Crippen molar-refractivity contribution < 1.29 is 4.84 Å². The lowest BCUT2D eigenvalue weighted by atomic mass is 10.5. The summed E-state index contributed by atoms with van der Waals surface area (Å²) in [6, 6.07) is 0. The molecular weight excluding hydrogens is 116 g/mol. The van der Waals surface area contributed by atoms with Gasteiger partial charge in [-0.25, -0.2) is 4.98 Å². The van der Waals surface area contributed by atoms with Crippen LogP contribution in [0.1, 0.15) is 13.3 Å². The number of imidazole rings is 1. The van der Waals surface area contributed by atoms with Crippen molar-refractivity contribution >= 4 is 0 Å². The molecule has 0 saturated carbocycles. The van der Waals surface area contributed by atoms with Gasteiger partial charge in [0.05, 0.1) is 6.20 Å². The molecule has 0 aliphatic rings. The van der Waals surface area contributed by atoms with Crippen LogP contribution < -0.4 is 4.84 Å². The number of hydrogen-bond donors (Lipinski definition) is 0. The molecule has 1 aromatic heterocycles. The lowest BCUT2D eigenvalue weighted by Gasteiger charge is -2.01. The Morgan fingerprint density at radius 2 is 2.56 bits per heavy atom. The Labute approximate surface area is 54.2 Å². The van der Waals surface area contributed by atoms with Gasteiger partial charge in [0.15, 0.2) is 0 Å². The molecule has 1 rings (SSSR count). The average molecular weight is 126 g/mol. The molecule has 0 saturated heterocycles. The molecule has 3 nitrogen and oxygen atoms in total. The van der Waals surface area contributed by atoms with Crippen LogP contribution in [0.15, 0.2) is 18.7 Å². The van der Waals surface area contributed by atoms with Crippen LogP contribution in [0.2, 0.25) is 0 Å². The molecule has 0 unspecified atom stereocenters. The van der Waals surface area contributed by atoms with Gasteiger partial charge in [0.1, 0.15) is 12.9 Å². The largest absolute Gasteiger partial charge is 0.413 e. The summed E-state index contributed by atoms with van der Waals surface area (Å²) in [6.07, 6.45) is 6.12. The molecule has 0 aromatic carbocycles. The van der Waals surface area contributed by atoms with E-state index in [1.54, 1.807) is 23.5 Å². The van der Waals surface area contributed by atoms with Crippen molar-refractivity contribution in [3.05, 3.63) is 18.7 Å². The summed E-state index contributed by atoms with van der Waals surface area (Å²) in [4.78, 5) is 8.96. The van der Waals surface area contributed by atoms with Crippen LogP contribution in [0.3, 0.4) is 0 Å². The summed E-state index contributed by atoms with van der Waals surface area (Å²) in [5, 5.41) is 0. The number of hydrogen-bond acceptors (Lipinski definition) is 2. The maximum absolute atomic E-state index is 5.15. The lowest BCUT2D eigenvalue weighted by molar-refractivity contribution is 0.110. The van der Waals surface area contributed by atoms with Gasteiger partial charge in [-0.3, -0.25) is 0 Å². The minimum atomic E-state index is 0.746.